The van der Waals surface area contributed by atoms with Crippen LogP contribution >= 0.6 is 0 Å². The molecule has 6 heteroatoms. The minimum absolute atomic E-state index is 0.135. The first-order valence-corrected chi connectivity index (χ1v) is 5.98. The summed E-state index contributed by atoms with van der Waals surface area (Å²) < 4.78 is 0. The number of carbonyl (C=O) groups is 3. The van der Waals surface area contributed by atoms with Gasteiger partial charge >= 0.3 is 0 Å². The van der Waals surface area contributed by atoms with Gasteiger partial charge in [-0.15, -0.1) is 0 Å². The Morgan fingerprint density at radius 1 is 1.26 bits per heavy atom. The van der Waals surface area contributed by atoms with E-state index >= 15 is 0 Å². The number of hydrogen-bond acceptors (Lipinski definition) is 3. The van der Waals surface area contributed by atoms with E-state index < -0.39 is 17.7 Å². The lowest BCUT2D eigenvalue weighted by atomic mass is 10.1. The minimum Gasteiger partial charge on any atom is -0.352 e. The van der Waals surface area contributed by atoms with E-state index in [0.29, 0.717) is 6.54 Å². The molecule has 1 fully saturated rings. The van der Waals surface area contributed by atoms with Crippen LogP contribution in [0.2, 0.25) is 0 Å². The van der Waals surface area contributed by atoms with E-state index in [0.717, 1.165) is 11.1 Å². The molecule has 2 rings (SSSR count). The molecule has 3 amide bonds. The van der Waals surface area contributed by atoms with Crippen molar-refractivity contribution < 1.29 is 14.4 Å². The van der Waals surface area contributed by atoms with E-state index in [4.69, 9.17) is 0 Å². The molecule has 0 radical (unpaired) electrons. The van der Waals surface area contributed by atoms with Gasteiger partial charge in [0.05, 0.1) is 0 Å². The van der Waals surface area contributed by atoms with Gasteiger partial charge in [0.15, 0.2) is 0 Å². The molecule has 1 aliphatic heterocycles. The summed E-state index contributed by atoms with van der Waals surface area (Å²) in [5, 5.41) is 2.70. The number of hydrazine groups is 1. The van der Waals surface area contributed by atoms with E-state index in [-0.39, 0.29) is 12.3 Å². The maximum Gasteiger partial charge on any atom is 0.251 e. The van der Waals surface area contributed by atoms with Gasteiger partial charge < -0.3 is 5.32 Å². The van der Waals surface area contributed by atoms with Gasteiger partial charge in [-0.05, 0) is 12.5 Å². The molecule has 0 bridgehead atoms. The monoisotopic (exact) mass is 261 g/mol. The first kappa shape index (κ1) is 13.1. The van der Waals surface area contributed by atoms with Crippen molar-refractivity contribution in [2.45, 2.75) is 19.9 Å². The van der Waals surface area contributed by atoms with Gasteiger partial charge in [0.25, 0.3) is 11.8 Å². The molecule has 100 valence electrons. The molecule has 0 saturated carbocycles. The van der Waals surface area contributed by atoms with Crippen LogP contribution in [0.3, 0.4) is 0 Å². The second-order valence-corrected chi connectivity index (χ2v) is 4.50. The zero-order chi connectivity index (χ0) is 13.8. The van der Waals surface area contributed by atoms with Crippen LogP contribution in [0.25, 0.3) is 0 Å². The van der Waals surface area contributed by atoms with Crippen molar-refractivity contribution >= 4 is 17.7 Å². The van der Waals surface area contributed by atoms with Gasteiger partial charge in [0, 0.05) is 13.0 Å². The molecule has 0 aromatic heterocycles. The van der Waals surface area contributed by atoms with Crippen molar-refractivity contribution in [3.8, 4) is 0 Å². The summed E-state index contributed by atoms with van der Waals surface area (Å²) >= 11 is 0. The molecular weight excluding hydrogens is 246 g/mol. The van der Waals surface area contributed by atoms with E-state index in [9.17, 15) is 14.4 Å². The van der Waals surface area contributed by atoms with Crippen molar-refractivity contribution in [1.29, 1.82) is 0 Å². The normalized spacial score (nSPS) is 15.0. The van der Waals surface area contributed by atoms with Crippen molar-refractivity contribution in [3.05, 3.63) is 35.4 Å². The SMILES string of the molecule is Cc1cccc(CNC(=O)CC2C(=O)NNC2=O)c1. The lowest BCUT2D eigenvalue weighted by molar-refractivity contribution is -0.133. The van der Waals surface area contributed by atoms with Gasteiger partial charge in [-0.25, -0.2) is 0 Å². The molecule has 3 N–H and O–H groups in total. The molecular formula is C13H15N3O3. The Labute approximate surface area is 110 Å². The molecule has 0 aliphatic carbocycles. The van der Waals surface area contributed by atoms with Crippen LogP contribution in [-0.2, 0) is 20.9 Å². The lowest BCUT2D eigenvalue weighted by Crippen LogP contribution is -2.30. The number of hydrogen-bond donors (Lipinski definition) is 3. The maximum atomic E-state index is 11.7. The zero-order valence-corrected chi connectivity index (χ0v) is 10.5. The second kappa shape index (κ2) is 5.51. The number of amides is 3. The zero-order valence-electron chi connectivity index (χ0n) is 10.5. The molecule has 0 unspecified atom stereocenters. The largest absolute Gasteiger partial charge is 0.352 e. The molecule has 19 heavy (non-hydrogen) atoms. The van der Waals surface area contributed by atoms with Crippen LogP contribution in [0.4, 0.5) is 0 Å². The van der Waals surface area contributed by atoms with E-state index in [1.165, 1.54) is 0 Å². The Morgan fingerprint density at radius 2 is 1.95 bits per heavy atom. The third-order valence-corrected chi connectivity index (χ3v) is 2.90. The summed E-state index contributed by atoms with van der Waals surface area (Å²) in [5.41, 5.74) is 6.47. The van der Waals surface area contributed by atoms with Crippen molar-refractivity contribution in [2.24, 2.45) is 5.92 Å². The van der Waals surface area contributed by atoms with E-state index in [1.807, 2.05) is 31.2 Å². The highest BCUT2D eigenvalue weighted by Crippen LogP contribution is 2.08. The first-order chi connectivity index (χ1) is 9.06. The van der Waals surface area contributed by atoms with Crippen molar-refractivity contribution in [3.63, 3.8) is 0 Å². The molecule has 1 aliphatic rings. The number of carbonyl (C=O) groups excluding carboxylic acids is 3. The summed E-state index contributed by atoms with van der Waals surface area (Å²) in [5.74, 6) is -2.18. The van der Waals surface area contributed by atoms with E-state index in [1.54, 1.807) is 0 Å². The minimum atomic E-state index is -0.933. The lowest BCUT2D eigenvalue weighted by Gasteiger charge is -2.07. The summed E-state index contributed by atoms with van der Waals surface area (Å²) in [4.78, 5) is 34.2. The van der Waals surface area contributed by atoms with Crippen LogP contribution in [0.15, 0.2) is 24.3 Å². The van der Waals surface area contributed by atoms with E-state index in [2.05, 4.69) is 16.2 Å². The fourth-order valence-corrected chi connectivity index (χ4v) is 1.88. The number of rotatable bonds is 4. The van der Waals surface area contributed by atoms with Crippen LogP contribution in [-0.4, -0.2) is 17.7 Å². The van der Waals surface area contributed by atoms with Gasteiger partial charge in [-0.1, -0.05) is 29.8 Å². The number of nitrogens with one attached hydrogen (secondary N) is 3. The molecule has 1 heterocycles. The molecule has 1 saturated heterocycles. The number of benzene rings is 1. The van der Waals surface area contributed by atoms with Gasteiger partial charge in [0.1, 0.15) is 5.92 Å². The van der Waals surface area contributed by atoms with Gasteiger partial charge in [0.2, 0.25) is 5.91 Å². The number of aryl methyl sites for hydroxylation is 1. The molecule has 0 atom stereocenters. The summed E-state index contributed by atoms with van der Waals surface area (Å²) in [6.07, 6.45) is -0.135. The van der Waals surface area contributed by atoms with Crippen LogP contribution < -0.4 is 16.2 Å². The average molecular weight is 261 g/mol. The third kappa shape index (κ3) is 3.31. The highest BCUT2D eigenvalue weighted by atomic mass is 16.2. The average Bonchev–Trinajstić information content (AvgIpc) is 2.68. The maximum absolute atomic E-state index is 11.7. The molecule has 0 spiro atoms. The summed E-state index contributed by atoms with van der Waals surface area (Å²) in [6.45, 7) is 2.36. The van der Waals surface area contributed by atoms with Crippen LogP contribution in [0.1, 0.15) is 17.5 Å². The second-order valence-electron chi connectivity index (χ2n) is 4.50. The molecule has 1 aromatic carbocycles. The Morgan fingerprint density at radius 3 is 2.58 bits per heavy atom. The summed E-state index contributed by atoms with van der Waals surface area (Å²) in [6, 6.07) is 7.75. The van der Waals surface area contributed by atoms with Gasteiger partial charge in [-0.2, -0.15) is 0 Å². The van der Waals surface area contributed by atoms with Crippen LogP contribution in [0, 0.1) is 12.8 Å². The Balaban J connectivity index is 1.85. The molecule has 6 nitrogen and oxygen atoms in total. The smallest absolute Gasteiger partial charge is 0.251 e. The standard InChI is InChI=1S/C13H15N3O3/c1-8-3-2-4-9(5-8)7-14-11(17)6-10-12(18)15-16-13(10)19/h2-5,10H,6-7H2,1H3,(H,14,17)(H,15,18)(H,16,19). The molecule has 1 aromatic rings. The predicted octanol–water partition coefficient (Wildman–Crippen LogP) is -0.221. The highest BCUT2D eigenvalue weighted by Gasteiger charge is 2.34. The van der Waals surface area contributed by atoms with Crippen molar-refractivity contribution in [1.82, 2.24) is 16.2 Å². The third-order valence-electron chi connectivity index (χ3n) is 2.90. The Bertz CT molecular complexity index is 512. The fraction of sp³-hybridized carbons (Fsp3) is 0.308. The summed E-state index contributed by atoms with van der Waals surface area (Å²) in [7, 11) is 0. The van der Waals surface area contributed by atoms with Gasteiger partial charge in [-0.3, -0.25) is 25.2 Å². The topological polar surface area (TPSA) is 87.3 Å². The Hall–Kier alpha value is -2.37. The van der Waals surface area contributed by atoms with Crippen molar-refractivity contribution in [2.75, 3.05) is 0 Å². The first-order valence-electron chi connectivity index (χ1n) is 5.98. The fourth-order valence-electron chi connectivity index (χ4n) is 1.88. The predicted molar refractivity (Wildman–Crippen MR) is 67.4 cm³/mol. The Kier molecular flexibility index (Phi) is 3.79. The highest BCUT2D eigenvalue weighted by molar-refractivity contribution is 6.07. The van der Waals surface area contributed by atoms with Crippen LogP contribution in [0.5, 0.6) is 0 Å². The quantitative estimate of drug-likeness (QED) is 0.655.